The number of aromatic nitrogens is 3. The number of imidazole rings is 1. The van der Waals surface area contributed by atoms with Crippen molar-refractivity contribution in [1.29, 1.82) is 0 Å². The SMILES string of the molecule is O=C(NCc1csc(Cc2ccccc2)n1)c1cn2c(n1)CCNCC2. The summed E-state index contributed by atoms with van der Waals surface area (Å²) in [5.74, 6) is 0.829. The fourth-order valence-corrected chi connectivity index (χ4v) is 3.85. The molecule has 3 aromatic rings. The van der Waals surface area contributed by atoms with Gasteiger partial charge in [0.05, 0.1) is 17.2 Å². The van der Waals surface area contributed by atoms with Crippen LogP contribution in [0.25, 0.3) is 0 Å². The van der Waals surface area contributed by atoms with E-state index in [1.165, 1.54) is 5.56 Å². The van der Waals surface area contributed by atoms with Gasteiger partial charge in [-0.3, -0.25) is 4.79 Å². The Morgan fingerprint density at radius 1 is 1.23 bits per heavy atom. The Morgan fingerprint density at radius 2 is 2.12 bits per heavy atom. The molecular formula is C19H21N5OS. The molecule has 0 radical (unpaired) electrons. The molecule has 6 nitrogen and oxygen atoms in total. The summed E-state index contributed by atoms with van der Waals surface area (Å²) in [6.07, 6.45) is 3.52. The summed E-state index contributed by atoms with van der Waals surface area (Å²) >= 11 is 1.63. The van der Waals surface area contributed by atoms with Crippen LogP contribution in [0, 0.1) is 0 Å². The summed E-state index contributed by atoms with van der Waals surface area (Å²) in [7, 11) is 0. The molecule has 0 spiro atoms. The Balaban J connectivity index is 1.35. The van der Waals surface area contributed by atoms with Crippen molar-refractivity contribution in [3.63, 3.8) is 0 Å². The molecule has 1 aliphatic rings. The van der Waals surface area contributed by atoms with Crippen LogP contribution in [0.15, 0.2) is 41.9 Å². The van der Waals surface area contributed by atoms with Crippen LogP contribution in [0.2, 0.25) is 0 Å². The number of nitrogens with one attached hydrogen (secondary N) is 2. The predicted molar refractivity (Wildman–Crippen MR) is 101 cm³/mol. The minimum absolute atomic E-state index is 0.142. The van der Waals surface area contributed by atoms with E-state index in [-0.39, 0.29) is 5.91 Å². The van der Waals surface area contributed by atoms with E-state index in [4.69, 9.17) is 0 Å². The maximum Gasteiger partial charge on any atom is 0.271 e. The normalized spacial score (nSPS) is 13.8. The molecular weight excluding hydrogens is 346 g/mol. The molecule has 0 unspecified atom stereocenters. The number of fused-ring (bicyclic) bond motifs is 1. The zero-order valence-corrected chi connectivity index (χ0v) is 15.3. The van der Waals surface area contributed by atoms with Crippen molar-refractivity contribution < 1.29 is 4.79 Å². The molecule has 0 saturated heterocycles. The topological polar surface area (TPSA) is 71.8 Å². The van der Waals surface area contributed by atoms with Crippen LogP contribution in [-0.2, 0) is 25.9 Å². The first kappa shape index (κ1) is 16.9. The van der Waals surface area contributed by atoms with Crippen LogP contribution in [0.4, 0.5) is 0 Å². The highest BCUT2D eigenvalue weighted by atomic mass is 32.1. The van der Waals surface area contributed by atoms with E-state index in [1.807, 2.05) is 29.8 Å². The quantitative estimate of drug-likeness (QED) is 0.724. The maximum absolute atomic E-state index is 12.4. The first-order valence-electron chi connectivity index (χ1n) is 8.80. The lowest BCUT2D eigenvalue weighted by Gasteiger charge is -2.01. The molecule has 1 amide bonds. The molecule has 4 rings (SSSR count). The molecule has 7 heteroatoms. The van der Waals surface area contributed by atoms with E-state index in [9.17, 15) is 4.79 Å². The Labute approximate surface area is 156 Å². The molecule has 0 saturated carbocycles. The van der Waals surface area contributed by atoms with E-state index < -0.39 is 0 Å². The van der Waals surface area contributed by atoms with Gasteiger partial charge in [-0.2, -0.15) is 0 Å². The van der Waals surface area contributed by atoms with E-state index >= 15 is 0 Å². The lowest BCUT2D eigenvalue weighted by atomic mass is 10.2. The third kappa shape index (κ3) is 4.00. The van der Waals surface area contributed by atoms with Gasteiger partial charge in [-0.25, -0.2) is 9.97 Å². The monoisotopic (exact) mass is 367 g/mol. The number of hydrogen-bond donors (Lipinski definition) is 2. The molecule has 2 aromatic heterocycles. The highest BCUT2D eigenvalue weighted by Crippen LogP contribution is 2.15. The van der Waals surface area contributed by atoms with Crippen LogP contribution in [0.1, 0.15) is 32.6 Å². The summed E-state index contributed by atoms with van der Waals surface area (Å²) < 4.78 is 2.07. The number of carbonyl (C=O) groups is 1. The van der Waals surface area contributed by atoms with Crippen molar-refractivity contribution in [2.75, 3.05) is 13.1 Å². The van der Waals surface area contributed by atoms with Crippen LogP contribution in [0.5, 0.6) is 0 Å². The Kier molecular flexibility index (Phi) is 5.08. The van der Waals surface area contributed by atoms with Gasteiger partial charge in [-0.15, -0.1) is 11.3 Å². The highest BCUT2D eigenvalue weighted by Gasteiger charge is 2.16. The third-order valence-corrected chi connectivity index (χ3v) is 5.27. The fourth-order valence-electron chi connectivity index (χ4n) is 3.02. The van der Waals surface area contributed by atoms with Gasteiger partial charge in [0, 0.05) is 44.1 Å². The lowest BCUT2D eigenvalue weighted by molar-refractivity contribution is 0.0945. The number of rotatable bonds is 5. The number of benzene rings is 1. The number of nitrogens with zero attached hydrogens (tertiary/aromatic N) is 3. The zero-order valence-electron chi connectivity index (χ0n) is 14.4. The van der Waals surface area contributed by atoms with Crippen molar-refractivity contribution >= 4 is 17.2 Å². The summed E-state index contributed by atoms with van der Waals surface area (Å²) in [6, 6.07) is 10.3. The molecule has 2 N–H and O–H groups in total. The number of thiazole rings is 1. The summed E-state index contributed by atoms with van der Waals surface area (Å²) in [4.78, 5) is 21.5. The second-order valence-corrected chi connectivity index (χ2v) is 7.26. The smallest absolute Gasteiger partial charge is 0.271 e. The molecule has 0 fully saturated rings. The van der Waals surface area contributed by atoms with Crippen LogP contribution in [0.3, 0.4) is 0 Å². The molecule has 26 heavy (non-hydrogen) atoms. The van der Waals surface area contributed by atoms with E-state index in [1.54, 1.807) is 11.3 Å². The van der Waals surface area contributed by atoms with E-state index in [0.717, 1.165) is 49.0 Å². The summed E-state index contributed by atoms with van der Waals surface area (Å²) in [6.45, 7) is 3.09. The van der Waals surface area contributed by atoms with Gasteiger partial charge < -0.3 is 15.2 Å². The lowest BCUT2D eigenvalue weighted by Crippen LogP contribution is -2.23. The van der Waals surface area contributed by atoms with Crippen molar-refractivity contribution in [3.8, 4) is 0 Å². The van der Waals surface area contributed by atoms with Gasteiger partial charge >= 0.3 is 0 Å². The minimum Gasteiger partial charge on any atom is -0.345 e. The summed E-state index contributed by atoms with van der Waals surface area (Å²) in [5, 5.41) is 9.32. The number of hydrogen-bond acceptors (Lipinski definition) is 5. The molecule has 0 aliphatic carbocycles. The van der Waals surface area contributed by atoms with Crippen molar-refractivity contribution in [3.05, 3.63) is 69.7 Å². The molecule has 1 aliphatic heterocycles. The molecule has 1 aromatic carbocycles. The largest absolute Gasteiger partial charge is 0.345 e. The van der Waals surface area contributed by atoms with Crippen LogP contribution >= 0.6 is 11.3 Å². The first-order valence-corrected chi connectivity index (χ1v) is 9.68. The standard InChI is InChI=1S/C19H21N5OS/c25-19(16-12-24-9-8-20-7-6-17(24)23-16)21-11-15-13-26-18(22-15)10-14-4-2-1-3-5-14/h1-5,12-13,20H,6-11H2,(H,21,25). The second kappa shape index (κ2) is 7.80. The Hall–Kier alpha value is -2.51. The Morgan fingerprint density at radius 3 is 3.00 bits per heavy atom. The highest BCUT2D eigenvalue weighted by molar-refractivity contribution is 7.09. The van der Waals surface area contributed by atoms with Crippen LogP contribution in [-0.4, -0.2) is 33.5 Å². The van der Waals surface area contributed by atoms with E-state index in [0.29, 0.717) is 12.2 Å². The maximum atomic E-state index is 12.4. The first-order chi connectivity index (χ1) is 12.8. The zero-order chi connectivity index (χ0) is 17.8. The number of amides is 1. The summed E-state index contributed by atoms with van der Waals surface area (Å²) in [5.41, 5.74) is 2.62. The molecule has 0 atom stereocenters. The van der Waals surface area contributed by atoms with Crippen molar-refractivity contribution in [1.82, 2.24) is 25.2 Å². The molecule has 3 heterocycles. The number of carbonyl (C=O) groups excluding carboxylic acids is 1. The van der Waals surface area contributed by atoms with E-state index in [2.05, 4.69) is 37.3 Å². The predicted octanol–water partition coefficient (Wildman–Crippen LogP) is 2.01. The third-order valence-electron chi connectivity index (χ3n) is 4.37. The minimum atomic E-state index is -0.142. The molecule has 134 valence electrons. The Bertz CT molecular complexity index is 863. The van der Waals surface area contributed by atoms with Crippen LogP contribution < -0.4 is 10.6 Å². The van der Waals surface area contributed by atoms with Crippen molar-refractivity contribution in [2.24, 2.45) is 0 Å². The fraction of sp³-hybridized carbons (Fsp3) is 0.316. The average Bonchev–Trinajstić information content (AvgIpc) is 3.22. The van der Waals surface area contributed by atoms with Gasteiger partial charge in [0.25, 0.3) is 5.91 Å². The average molecular weight is 367 g/mol. The second-order valence-electron chi connectivity index (χ2n) is 6.31. The van der Waals surface area contributed by atoms with Crippen molar-refractivity contribution in [2.45, 2.75) is 25.9 Å². The van der Waals surface area contributed by atoms with Gasteiger partial charge in [0.2, 0.25) is 0 Å². The van der Waals surface area contributed by atoms with Gasteiger partial charge in [-0.1, -0.05) is 30.3 Å². The van der Waals surface area contributed by atoms with Gasteiger partial charge in [-0.05, 0) is 5.56 Å². The van der Waals surface area contributed by atoms with Gasteiger partial charge in [0.1, 0.15) is 11.5 Å². The van der Waals surface area contributed by atoms with Gasteiger partial charge in [0.15, 0.2) is 0 Å². The molecule has 0 bridgehead atoms.